The van der Waals surface area contributed by atoms with Crippen molar-refractivity contribution in [2.45, 2.75) is 12.8 Å². The fourth-order valence-electron chi connectivity index (χ4n) is 0.903. The average Bonchev–Trinajstić information content (AvgIpc) is 2.03. The number of hydrogen-bond donors (Lipinski definition) is 0. The molecule has 0 spiro atoms. The number of rotatable bonds is 3. The summed E-state index contributed by atoms with van der Waals surface area (Å²) in [7, 11) is 0. The molecule has 0 aliphatic rings. The van der Waals surface area contributed by atoms with Crippen LogP contribution in [0.15, 0.2) is 24.3 Å². The first-order chi connectivity index (χ1) is 5.68. The molecule has 0 amide bonds. The number of hydrogen-bond acceptors (Lipinski definition) is 3. The summed E-state index contributed by atoms with van der Waals surface area (Å²) < 4.78 is 0. The quantitative estimate of drug-likeness (QED) is 0.466. The summed E-state index contributed by atoms with van der Waals surface area (Å²) in [5.74, 6) is -1.13. The fourth-order valence-corrected chi connectivity index (χ4v) is 0.903. The van der Waals surface area contributed by atoms with Crippen molar-refractivity contribution in [3.63, 3.8) is 0 Å². The van der Waals surface area contributed by atoms with E-state index in [9.17, 15) is 15.0 Å². The first kappa shape index (κ1) is 16.9. The molecule has 0 saturated heterocycles. The van der Waals surface area contributed by atoms with Gasteiger partial charge in [0.05, 0.1) is 0 Å². The van der Waals surface area contributed by atoms with Crippen molar-refractivity contribution in [2.75, 3.05) is 0 Å². The summed E-state index contributed by atoms with van der Waals surface area (Å²) in [5, 5.41) is 20.7. The van der Waals surface area contributed by atoms with Gasteiger partial charge in [0.2, 0.25) is 0 Å². The zero-order valence-corrected chi connectivity index (χ0v) is 12.4. The predicted molar refractivity (Wildman–Crippen MR) is 39.2 cm³/mol. The number of aryl methyl sites for hydroxylation is 1. The van der Waals surface area contributed by atoms with Crippen molar-refractivity contribution in [2.24, 2.45) is 0 Å². The number of benzene rings is 1. The van der Waals surface area contributed by atoms with Crippen LogP contribution in [0.2, 0.25) is 0 Å². The minimum atomic E-state index is -1.07. The van der Waals surface area contributed by atoms with Crippen molar-refractivity contribution >= 4 is 5.97 Å². The molecule has 0 radical (unpaired) electrons. The van der Waals surface area contributed by atoms with Crippen LogP contribution in [0.1, 0.15) is 12.0 Å². The summed E-state index contributed by atoms with van der Waals surface area (Å²) >= 11 is 0. The van der Waals surface area contributed by atoms with Gasteiger partial charge in [0, 0.05) is 5.97 Å². The molecule has 1 aromatic carbocycles. The zero-order valence-electron chi connectivity index (χ0n) is 8.45. The van der Waals surface area contributed by atoms with Crippen molar-refractivity contribution in [3.8, 4) is 5.75 Å². The molecule has 0 saturated carbocycles. The second-order valence-corrected chi connectivity index (χ2v) is 2.52. The maximum atomic E-state index is 10.6. The minimum Gasteiger partial charge on any atom is -0.872 e. The van der Waals surface area contributed by atoms with E-state index >= 15 is 0 Å². The molecule has 5 heteroatoms. The van der Waals surface area contributed by atoms with Crippen molar-refractivity contribution in [1.82, 2.24) is 0 Å². The molecule has 0 N–H and O–H groups in total. The number of carbonyl (C=O) groups is 1. The largest absolute Gasteiger partial charge is 1.00 e. The second kappa shape index (κ2) is 8.77. The third-order valence-corrected chi connectivity index (χ3v) is 1.54. The van der Waals surface area contributed by atoms with E-state index in [1.165, 1.54) is 12.1 Å². The van der Waals surface area contributed by atoms with Crippen molar-refractivity contribution in [1.29, 1.82) is 0 Å². The molecule has 0 aromatic heterocycles. The third-order valence-electron chi connectivity index (χ3n) is 1.54. The zero-order chi connectivity index (χ0) is 8.97. The van der Waals surface area contributed by atoms with Crippen LogP contribution in [0.5, 0.6) is 5.75 Å². The summed E-state index contributed by atoms with van der Waals surface area (Å²) in [6.45, 7) is 0. The molecule has 1 rings (SSSR count). The van der Waals surface area contributed by atoms with Crippen LogP contribution < -0.4 is 69.3 Å². The van der Waals surface area contributed by atoms with Crippen molar-refractivity contribution in [3.05, 3.63) is 29.8 Å². The third kappa shape index (κ3) is 6.87. The Labute approximate surface area is 127 Å². The maximum Gasteiger partial charge on any atom is 1.00 e. The van der Waals surface area contributed by atoms with Gasteiger partial charge in [0.15, 0.2) is 0 Å². The van der Waals surface area contributed by atoms with Crippen LogP contribution in [0, 0.1) is 0 Å². The average molecular weight is 210 g/mol. The predicted octanol–water partition coefficient (Wildman–Crippen LogP) is -6.55. The van der Waals surface area contributed by atoms with Gasteiger partial charge in [-0.05, 0) is 18.4 Å². The number of carboxylic acids is 1. The van der Waals surface area contributed by atoms with Crippen LogP contribution in [-0.2, 0) is 11.2 Å². The van der Waals surface area contributed by atoms with Gasteiger partial charge in [-0.25, -0.2) is 0 Å². The number of carboxylic acid groups (broad SMARTS) is 1. The van der Waals surface area contributed by atoms with Crippen LogP contribution >= 0.6 is 0 Å². The van der Waals surface area contributed by atoms with Gasteiger partial charge in [0.25, 0.3) is 0 Å². The summed E-state index contributed by atoms with van der Waals surface area (Å²) in [6.07, 6.45) is 0.417. The Bertz CT molecular complexity index is 272. The monoisotopic (exact) mass is 210 g/mol. The molecule has 64 valence electrons. The van der Waals surface area contributed by atoms with E-state index < -0.39 is 5.97 Å². The molecule has 0 heterocycles. The molecule has 14 heavy (non-hydrogen) atoms. The number of carbonyl (C=O) groups excluding carboxylic acids is 1. The number of aliphatic carboxylic acids is 1. The van der Waals surface area contributed by atoms with Crippen LogP contribution in [-0.4, -0.2) is 5.97 Å². The molecule has 3 nitrogen and oxygen atoms in total. The van der Waals surface area contributed by atoms with Gasteiger partial charge in [0.1, 0.15) is 0 Å². The van der Waals surface area contributed by atoms with E-state index in [4.69, 9.17) is 0 Å². The van der Waals surface area contributed by atoms with E-state index in [-0.39, 0.29) is 71.3 Å². The Morgan fingerprint density at radius 3 is 2.07 bits per heavy atom. The van der Waals surface area contributed by atoms with E-state index in [2.05, 4.69) is 0 Å². The first-order valence-electron chi connectivity index (χ1n) is 3.64. The smallest absolute Gasteiger partial charge is 0.872 e. The van der Waals surface area contributed by atoms with E-state index in [1.807, 2.05) is 0 Å². The Hall–Kier alpha value is 0.490. The van der Waals surface area contributed by atoms with Gasteiger partial charge in [-0.3, -0.25) is 0 Å². The summed E-state index contributed by atoms with van der Waals surface area (Å²) in [5.41, 5.74) is 0.846. The molecule has 0 atom stereocenters. The van der Waals surface area contributed by atoms with Crippen LogP contribution in [0.25, 0.3) is 0 Å². The Kier molecular flexibility index (Phi) is 10.6. The Morgan fingerprint density at radius 2 is 1.64 bits per heavy atom. The summed E-state index contributed by atoms with van der Waals surface area (Å²) in [6, 6.07) is 6.10. The second-order valence-electron chi connectivity index (χ2n) is 2.52. The molecule has 0 unspecified atom stereocenters. The van der Waals surface area contributed by atoms with Gasteiger partial charge < -0.3 is 15.0 Å². The standard InChI is InChI=1S/C9H10O3.2Na/c10-8-4-1-7(2-5-8)3-6-9(11)12;;/h1-2,4-5,10H,3,6H2,(H,11,12);;/q;2*+1/p-2. The van der Waals surface area contributed by atoms with Crippen LogP contribution in [0.3, 0.4) is 0 Å². The van der Waals surface area contributed by atoms with E-state index in [0.717, 1.165) is 5.56 Å². The molecule has 0 aliphatic carbocycles. The van der Waals surface area contributed by atoms with E-state index in [1.54, 1.807) is 12.1 Å². The fraction of sp³-hybridized carbons (Fsp3) is 0.222. The van der Waals surface area contributed by atoms with Crippen molar-refractivity contribution < 1.29 is 74.1 Å². The maximum absolute atomic E-state index is 10.6. The first-order valence-corrected chi connectivity index (χ1v) is 3.64. The molecular formula is C9H8Na2O3. The normalized spacial score (nSPS) is 8.29. The van der Waals surface area contributed by atoms with Crippen LogP contribution in [0.4, 0.5) is 0 Å². The SMILES string of the molecule is O=C([O-])CCc1ccc([O-])cc1.[Na+].[Na+]. The molecule has 0 bridgehead atoms. The van der Waals surface area contributed by atoms with E-state index in [0.29, 0.717) is 6.42 Å². The van der Waals surface area contributed by atoms with Gasteiger partial charge in [-0.15, -0.1) is 5.75 Å². The van der Waals surface area contributed by atoms with Gasteiger partial charge >= 0.3 is 59.1 Å². The Balaban J connectivity index is 0. The molecular weight excluding hydrogens is 202 g/mol. The minimum absolute atomic E-state index is 0. The molecule has 0 fully saturated rings. The van der Waals surface area contributed by atoms with Gasteiger partial charge in [-0.2, -0.15) is 0 Å². The van der Waals surface area contributed by atoms with Gasteiger partial charge in [-0.1, -0.05) is 24.3 Å². The summed E-state index contributed by atoms with van der Waals surface area (Å²) in [4.78, 5) is 10.1. The molecule has 0 aliphatic heterocycles. The molecule has 1 aromatic rings. The Morgan fingerprint density at radius 1 is 1.14 bits per heavy atom. The topological polar surface area (TPSA) is 63.2 Å².